The number of aromatic hydroxyl groups is 1. The third-order valence-electron chi connectivity index (χ3n) is 6.72. The van der Waals surface area contributed by atoms with Gasteiger partial charge in [0, 0.05) is 10.9 Å². The second-order valence-electron chi connectivity index (χ2n) is 8.82. The van der Waals surface area contributed by atoms with Gasteiger partial charge in [0.15, 0.2) is 11.2 Å². The summed E-state index contributed by atoms with van der Waals surface area (Å²) in [7, 11) is 0. The Hall–Kier alpha value is -4.55. The van der Waals surface area contributed by atoms with E-state index in [1.165, 1.54) is 0 Å². The molecule has 0 amide bonds. The smallest absolute Gasteiger partial charge is 0.384 e. The molecule has 172 valence electrons. The molecule has 5 nitrogen and oxygen atoms in total. The van der Waals surface area contributed by atoms with Crippen LogP contribution in [0.5, 0.6) is 5.75 Å². The molecule has 2 aromatic heterocycles. The molecule has 6 heteroatoms. The van der Waals surface area contributed by atoms with Crippen molar-refractivity contribution >= 4 is 32.5 Å². The maximum Gasteiger partial charge on any atom is 0.384 e. The molecule has 3 heterocycles. The monoisotopic (exact) mass is 486 g/mol. The van der Waals surface area contributed by atoms with Crippen LogP contribution in [0.3, 0.4) is 0 Å². The van der Waals surface area contributed by atoms with Crippen molar-refractivity contribution in [3.63, 3.8) is 0 Å². The minimum atomic E-state index is -0.432. The Morgan fingerprint density at radius 1 is 0.806 bits per heavy atom. The highest BCUT2D eigenvalue weighted by Gasteiger charge is 2.38. The predicted molar refractivity (Wildman–Crippen MR) is 142 cm³/mol. The summed E-state index contributed by atoms with van der Waals surface area (Å²) >= 11 is 1.58. The van der Waals surface area contributed by atoms with Crippen LogP contribution >= 0.6 is 11.3 Å². The summed E-state index contributed by atoms with van der Waals surface area (Å²) in [6.45, 7) is 0. The van der Waals surface area contributed by atoms with Crippen molar-refractivity contribution in [1.29, 1.82) is 0 Å². The van der Waals surface area contributed by atoms with Crippen LogP contribution in [0.1, 0.15) is 17.2 Å². The van der Waals surface area contributed by atoms with E-state index in [0.717, 1.165) is 31.7 Å². The van der Waals surface area contributed by atoms with Crippen molar-refractivity contribution in [2.24, 2.45) is 4.99 Å². The van der Waals surface area contributed by atoms with Gasteiger partial charge in [0.2, 0.25) is 6.04 Å². The minimum absolute atomic E-state index is 0.0268. The highest BCUT2D eigenvalue weighted by atomic mass is 32.1. The van der Waals surface area contributed by atoms with Crippen LogP contribution in [0.2, 0.25) is 0 Å². The summed E-state index contributed by atoms with van der Waals surface area (Å²) in [6.07, 6.45) is 0. The lowest BCUT2D eigenvalue weighted by molar-refractivity contribution is -0.498. The van der Waals surface area contributed by atoms with Gasteiger partial charge in [0.25, 0.3) is 5.56 Å². The number of aromatic nitrogens is 2. The van der Waals surface area contributed by atoms with Crippen molar-refractivity contribution in [2.45, 2.75) is 6.04 Å². The topological polar surface area (TPSA) is 71.4 Å². The van der Waals surface area contributed by atoms with Crippen LogP contribution < -0.4 is 14.6 Å². The second kappa shape index (κ2) is 8.00. The van der Waals surface area contributed by atoms with Crippen LogP contribution in [0, 0.1) is 5.71 Å². The Labute approximate surface area is 209 Å². The Morgan fingerprint density at radius 3 is 2.33 bits per heavy atom. The van der Waals surface area contributed by atoms with E-state index in [-0.39, 0.29) is 16.9 Å². The zero-order valence-corrected chi connectivity index (χ0v) is 19.9. The third kappa shape index (κ3) is 3.12. The molecule has 0 saturated heterocycles. The number of rotatable bonds is 3. The standard InChI is InChI=1S/C30H19N3O2S/c34-28-21-10-4-5-11-22(21)31-29(35)25(28)27-26(32-30-33(27)23-12-6-7-13-24(23)36-30)20-16-14-19(15-17-20)18-8-2-1-3-9-18/h1-17,26H,(H,31,34,35)/p+1. The molecule has 1 aliphatic heterocycles. The molecule has 0 spiro atoms. The highest BCUT2D eigenvalue weighted by molar-refractivity contribution is 7.15. The second-order valence-corrected chi connectivity index (χ2v) is 9.83. The summed E-state index contributed by atoms with van der Waals surface area (Å²) in [4.78, 5) is 22.3. The van der Waals surface area contributed by atoms with Gasteiger partial charge in [0.05, 0.1) is 10.2 Å². The normalized spacial score (nSPS) is 14.8. The first-order valence-electron chi connectivity index (χ1n) is 11.7. The van der Waals surface area contributed by atoms with E-state index in [9.17, 15) is 9.90 Å². The Morgan fingerprint density at radius 2 is 1.50 bits per heavy atom. The van der Waals surface area contributed by atoms with E-state index in [4.69, 9.17) is 4.99 Å². The maximum absolute atomic E-state index is 13.4. The molecular weight excluding hydrogens is 466 g/mol. The van der Waals surface area contributed by atoms with Crippen LogP contribution in [-0.2, 0) is 0 Å². The van der Waals surface area contributed by atoms with Gasteiger partial charge in [-0.05, 0) is 46.7 Å². The third-order valence-corrected chi connectivity index (χ3v) is 7.76. The largest absolute Gasteiger partial charge is 0.506 e. The summed E-state index contributed by atoms with van der Waals surface area (Å²) in [5.41, 5.74) is 5.35. The van der Waals surface area contributed by atoms with Crippen molar-refractivity contribution in [2.75, 3.05) is 0 Å². The summed E-state index contributed by atoms with van der Waals surface area (Å²) in [6, 6.07) is 33.4. The first kappa shape index (κ1) is 20.8. The zero-order valence-electron chi connectivity index (χ0n) is 19.1. The quantitative estimate of drug-likeness (QED) is 0.337. The molecule has 1 aliphatic rings. The number of para-hydroxylation sites is 2. The lowest BCUT2D eigenvalue weighted by Gasteiger charge is -2.11. The molecule has 36 heavy (non-hydrogen) atoms. The van der Waals surface area contributed by atoms with Crippen LogP contribution in [0.15, 0.2) is 113 Å². The minimum Gasteiger partial charge on any atom is -0.506 e. The van der Waals surface area contributed by atoms with Crippen molar-refractivity contribution in [3.05, 3.63) is 135 Å². The number of benzene rings is 4. The molecule has 1 unspecified atom stereocenters. The Kier molecular flexibility index (Phi) is 4.62. The number of pyridine rings is 1. The molecule has 1 atom stereocenters. The molecule has 2 N–H and O–H groups in total. The first-order valence-corrected chi connectivity index (χ1v) is 12.5. The number of H-pyrrole nitrogens is 1. The lowest BCUT2D eigenvalue weighted by Crippen LogP contribution is -2.35. The fourth-order valence-corrected chi connectivity index (χ4v) is 6.07. The van der Waals surface area contributed by atoms with Crippen LogP contribution in [0.4, 0.5) is 0 Å². The highest BCUT2D eigenvalue weighted by Crippen LogP contribution is 2.36. The average Bonchev–Trinajstić information content (AvgIpc) is 3.46. The fraction of sp³-hybridized carbons (Fsp3) is 0.0333. The molecule has 4 aromatic carbocycles. The number of hydrogen-bond acceptors (Lipinski definition) is 4. The zero-order chi connectivity index (χ0) is 24.2. The Bertz CT molecular complexity index is 1970. The number of fused-ring (bicyclic) bond motifs is 4. The van der Waals surface area contributed by atoms with Gasteiger partial charge in [0.1, 0.15) is 11.3 Å². The molecule has 0 saturated carbocycles. The van der Waals surface area contributed by atoms with E-state index in [1.54, 1.807) is 17.4 Å². The number of aromatic amines is 1. The number of thiazole rings is 1. The number of hydrogen-bond donors (Lipinski definition) is 2. The van der Waals surface area contributed by atoms with Gasteiger partial charge in [-0.3, -0.25) is 4.79 Å². The molecule has 0 aliphatic carbocycles. The molecule has 0 fully saturated rings. The molecule has 0 bridgehead atoms. The van der Waals surface area contributed by atoms with Gasteiger partial charge in [-0.2, -0.15) is 4.24 Å². The van der Waals surface area contributed by atoms with Crippen molar-refractivity contribution in [1.82, 2.24) is 4.98 Å². The Balaban J connectivity index is 1.50. The summed E-state index contributed by atoms with van der Waals surface area (Å²) in [5, 5.41) is 12.0. The van der Waals surface area contributed by atoms with Gasteiger partial charge in [-0.25, -0.2) is 0 Å². The van der Waals surface area contributed by atoms with Gasteiger partial charge in [-0.1, -0.05) is 83.9 Å². The maximum atomic E-state index is 13.4. The van der Waals surface area contributed by atoms with Crippen LogP contribution in [-0.4, -0.2) is 10.1 Å². The van der Waals surface area contributed by atoms with Gasteiger partial charge in [-0.15, -0.1) is 0 Å². The van der Waals surface area contributed by atoms with Crippen molar-refractivity contribution < 1.29 is 9.35 Å². The predicted octanol–water partition coefficient (Wildman–Crippen LogP) is 5.21. The van der Waals surface area contributed by atoms with E-state index < -0.39 is 6.04 Å². The van der Waals surface area contributed by atoms with E-state index >= 15 is 0 Å². The van der Waals surface area contributed by atoms with E-state index in [1.807, 2.05) is 64.9 Å². The van der Waals surface area contributed by atoms with Gasteiger partial charge < -0.3 is 10.1 Å². The van der Waals surface area contributed by atoms with Gasteiger partial charge >= 0.3 is 4.80 Å². The average molecular weight is 487 g/mol. The summed E-state index contributed by atoms with van der Waals surface area (Å²) < 4.78 is 3.10. The number of nitrogens with zero attached hydrogens (tertiary/aromatic N) is 2. The lowest BCUT2D eigenvalue weighted by atomic mass is 9.94. The first-order chi connectivity index (χ1) is 17.7. The molecule has 7 rings (SSSR count). The number of nitrogens with one attached hydrogen (secondary N) is 1. The molecule has 0 radical (unpaired) electrons. The van der Waals surface area contributed by atoms with Crippen molar-refractivity contribution in [3.8, 4) is 16.9 Å². The fourth-order valence-electron chi connectivity index (χ4n) is 5.02. The van der Waals surface area contributed by atoms with Crippen LogP contribution in [0.25, 0.3) is 32.2 Å². The molecule has 6 aromatic rings. The summed E-state index contributed by atoms with van der Waals surface area (Å²) in [5.74, 6) is -0.0268. The molecular formula is C30H20N3O2S+. The van der Waals surface area contributed by atoms with E-state index in [2.05, 4.69) is 41.4 Å². The SMILES string of the molecule is O=c1[nH]c2ccccc2c(O)c1C1=[n+]2c(sc3ccccc32)=NC1c1ccc(-c2ccccc2)cc1. The van der Waals surface area contributed by atoms with E-state index in [0.29, 0.717) is 16.6 Å².